The third kappa shape index (κ3) is 5.06. The Morgan fingerprint density at radius 3 is 1.94 bits per heavy atom. The molecule has 2 amide bonds. The van der Waals surface area contributed by atoms with E-state index in [0.717, 1.165) is 4.68 Å². The molecule has 0 spiro atoms. The number of aromatic nitrogens is 2. The van der Waals surface area contributed by atoms with Crippen LogP contribution in [-0.2, 0) is 0 Å². The van der Waals surface area contributed by atoms with Crippen LogP contribution in [0.4, 0.5) is 5.69 Å². The van der Waals surface area contributed by atoms with E-state index in [0.29, 0.717) is 0 Å². The summed E-state index contributed by atoms with van der Waals surface area (Å²) in [6.45, 7) is 0.331. The second-order valence-corrected chi connectivity index (χ2v) is 7.96. The van der Waals surface area contributed by atoms with Gasteiger partial charge in [0.2, 0.25) is 0 Å². The molecule has 0 radical (unpaired) electrons. The Labute approximate surface area is 202 Å². The Balaban J connectivity index is 2.03. The number of carbonyl (C=O) groups is 3. The van der Waals surface area contributed by atoms with Crippen molar-refractivity contribution >= 4 is 69.8 Å². The average molecular weight is 515 g/mol. The van der Waals surface area contributed by atoms with Gasteiger partial charge in [-0.1, -0.05) is 58.5 Å². The van der Waals surface area contributed by atoms with E-state index in [1.165, 1.54) is 30.5 Å². The van der Waals surface area contributed by atoms with Crippen molar-refractivity contribution in [3.63, 3.8) is 0 Å². The zero-order chi connectivity index (χ0) is 23.4. The highest BCUT2D eigenvalue weighted by atomic mass is 35.5. The van der Waals surface area contributed by atoms with E-state index in [4.69, 9.17) is 52.1 Å². The Kier molecular flexibility index (Phi) is 7.76. The number of amides is 2. The highest BCUT2D eigenvalue weighted by molar-refractivity contribution is 6.41. The zero-order valence-electron chi connectivity index (χ0n) is 16.2. The molecule has 1 aromatic heterocycles. The smallest absolute Gasteiger partial charge is 0.281 e. The maximum atomic E-state index is 13.0. The van der Waals surface area contributed by atoms with Gasteiger partial charge in [0.25, 0.3) is 17.7 Å². The molecule has 0 aliphatic carbocycles. The normalized spacial score (nSPS) is 10.7. The van der Waals surface area contributed by atoms with Crippen molar-refractivity contribution in [2.75, 3.05) is 18.4 Å². The van der Waals surface area contributed by atoms with Crippen molar-refractivity contribution in [1.29, 1.82) is 0 Å². The van der Waals surface area contributed by atoms with Gasteiger partial charge < -0.3 is 16.4 Å². The summed E-state index contributed by atoms with van der Waals surface area (Å²) in [6, 6.07) is 9.11. The Morgan fingerprint density at radius 1 is 0.875 bits per heavy atom. The number of anilines is 1. The van der Waals surface area contributed by atoms with Crippen LogP contribution in [0.2, 0.25) is 20.1 Å². The number of rotatable bonds is 6. The van der Waals surface area contributed by atoms with Crippen molar-refractivity contribution < 1.29 is 14.4 Å². The van der Waals surface area contributed by atoms with Gasteiger partial charge in [0.05, 0.1) is 43.1 Å². The molecule has 0 aliphatic heterocycles. The van der Waals surface area contributed by atoms with Gasteiger partial charge >= 0.3 is 0 Å². The summed E-state index contributed by atoms with van der Waals surface area (Å²) < 4.78 is 0.855. The Morgan fingerprint density at radius 2 is 1.41 bits per heavy atom. The maximum absolute atomic E-state index is 13.0. The lowest BCUT2D eigenvalue weighted by Gasteiger charge is -2.08. The number of benzene rings is 2. The van der Waals surface area contributed by atoms with Gasteiger partial charge in [-0.3, -0.25) is 14.4 Å². The van der Waals surface area contributed by atoms with Crippen molar-refractivity contribution in [3.05, 3.63) is 79.5 Å². The van der Waals surface area contributed by atoms with Gasteiger partial charge in [0.15, 0.2) is 5.69 Å². The lowest BCUT2D eigenvalue weighted by molar-refractivity contribution is 0.0936. The summed E-state index contributed by atoms with van der Waals surface area (Å²) in [7, 11) is 0. The van der Waals surface area contributed by atoms with Crippen LogP contribution in [0.1, 0.15) is 31.2 Å². The molecular weight excluding hydrogens is 500 g/mol. The van der Waals surface area contributed by atoms with E-state index < -0.39 is 17.7 Å². The summed E-state index contributed by atoms with van der Waals surface area (Å²) in [4.78, 5) is 38.4. The fourth-order valence-electron chi connectivity index (χ4n) is 2.72. The number of hydrogen-bond donors (Lipinski definition) is 3. The largest absolute Gasteiger partial charge is 0.349 e. The standard InChI is InChI=1S/C20H15Cl4N5O3/c21-10-3-1-4-11(22)15(10)18(30)27-14-9-29(28-17(14)19(31)26-8-7-25)20(32)16-12(23)5-2-6-13(16)24/h1-6,9H,7-8,25H2,(H,26,31)(H,27,30). The number of nitrogens with two attached hydrogens (primary N) is 1. The first kappa shape index (κ1) is 24.0. The van der Waals surface area contributed by atoms with Crippen LogP contribution in [0, 0.1) is 0 Å². The van der Waals surface area contributed by atoms with E-state index in [9.17, 15) is 14.4 Å². The van der Waals surface area contributed by atoms with E-state index in [2.05, 4.69) is 15.7 Å². The molecule has 4 N–H and O–H groups in total. The van der Waals surface area contributed by atoms with Crippen LogP contribution in [0.25, 0.3) is 0 Å². The average Bonchev–Trinajstić information content (AvgIpc) is 3.15. The SMILES string of the molecule is NCCNC(=O)c1nn(C(=O)c2c(Cl)cccc2Cl)cc1NC(=O)c1c(Cl)cccc1Cl. The quantitative estimate of drug-likeness (QED) is 0.457. The van der Waals surface area contributed by atoms with E-state index >= 15 is 0 Å². The summed E-state index contributed by atoms with van der Waals surface area (Å²) >= 11 is 24.4. The first-order valence-corrected chi connectivity index (χ1v) is 10.6. The molecule has 0 fully saturated rings. The van der Waals surface area contributed by atoms with Gasteiger partial charge in [0, 0.05) is 13.1 Å². The van der Waals surface area contributed by atoms with Crippen molar-refractivity contribution in [2.45, 2.75) is 0 Å². The Hall–Kier alpha value is -2.62. The number of nitrogens with one attached hydrogen (secondary N) is 2. The fraction of sp³-hybridized carbons (Fsp3) is 0.100. The minimum Gasteiger partial charge on any atom is -0.349 e. The highest BCUT2D eigenvalue weighted by Crippen LogP contribution is 2.28. The molecule has 8 nitrogen and oxygen atoms in total. The van der Waals surface area contributed by atoms with Crippen LogP contribution in [-0.4, -0.2) is 40.6 Å². The fourth-order valence-corrected chi connectivity index (χ4v) is 3.85. The zero-order valence-corrected chi connectivity index (χ0v) is 19.2. The molecule has 0 aliphatic rings. The van der Waals surface area contributed by atoms with Gasteiger partial charge in [-0.05, 0) is 24.3 Å². The minimum absolute atomic E-state index is 0.00243. The molecule has 3 aromatic rings. The van der Waals surface area contributed by atoms with E-state index in [1.54, 1.807) is 12.1 Å². The molecule has 12 heteroatoms. The number of hydrogen-bond acceptors (Lipinski definition) is 5. The van der Waals surface area contributed by atoms with Gasteiger partial charge in [-0.25, -0.2) is 4.68 Å². The van der Waals surface area contributed by atoms with Crippen LogP contribution < -0.4 is 16.4 Å². The van der Waals surface area contributed by atoms with Gasteiger partial charge in [-0.15, -0.1) is 0 Å². The van der Waals surface area contributed by atoms with E-state index in [1.807, 2.05) is 0 Å². The van der Waals surface area contributed by atoms with Crippen LogP contribution in [0.15, 0.2) is 42.6 Å². The van der Waals surface area contributed by atoms with Gasteiger partial charge in [-0.2, -0.15) is 5.10 Å². The third-order valence-electron chi connectivity index (χ3n) is 4.18. The topological polar surface area (TPSA) is 119 Å². The maximum Gasteiger partial charge on any atom is 0.281 e. The minimum atomic E-state index is -0.704. The molecule has 166 valence electrons. The molecule has 32 heavy (non-hydrogen) atoms. The molecule has 3 rings (SSSR count). The summed E-state index contributed by atoms with van der Waals surface area (Å²) in [5, 5.41) is 9.49. The third-order valence-corrected chi connectivity index (χ3v) is 5.44. The monoisotopic (exact) mass is 513 g/mol. The number of nitrogens with zero attached hydrogens (tertiary/aromatic N) is 2. The Bertz CT molecular complexity index is 1170. The predicted molar refractivity (Wildman–Crippen MR) is 124 cm³/mol. The first-order valence-electron chi connectivity index (χ1n) is 9.06. The molecule has 0 saturated heterocycles. The molecule has 0 unspecified atom stereocenters. The number of halogens is 4. The number of carbonyl (C=O) groups excluding carboxylic acids is 3. The summed E-state index contributed by atoms with van der Waals surface area (Å²) in [5.41, 5.74) is 5.12. The van der Waals surface area contributed by atoms with Crippen LogP contribution in [0.3, 0.4) is 0 Å². The molecule has 2 aromatic carbocycles. The van der Waals surface area contributed by atoms with Crippen molar-refractivity contribution in [2.24, 2.45) is 5.73 Å². The lowest BCUT2D eigenvalue weighted by Crippen LogP contribution is -2.30. The molecule has 0 atom stereocenters. The molecular formula is C20H15Cl4N5O3. The molecule has 0 bridgehead atoms. The second kappa shape index (κ2) is 10.3. The first-order chi connectivity index (χ1) is 15.2. The van der Waals surface area contributed by atoms with Crippen LogP contribution >= 0.6 is 46.4 Å². The van der Waals surface area contributed by atoms with Crippen molar-refractivity contribution in [1.82, 2.24) is 15.1 Å². The summed E-state index contributed by atoms with van der Waals surface area (Å²) in [6.07, 6.45) is 1.17. The molecule has 1 heterocycles. The molecule has 0 saturated carbocycles. The predicted octanol–water partition coefficient (Wildman–Crippen LogP) is 4.13. The summed E-state index contributed by atoms with van der Waals surface area (Å²) in [5.74, 6) is -2.06. The second-order valence-electron chi connectivity index (χ2n) is 6.33. The lowest BCUT2D eigenvalue weighted by atomic mass is 10.2. The van der Waals surface area contributed by atoms with E-state index in [-0.39, 0.29) is 55.7 Å². The highest BCUT2D eigenvalue weighted by Gasteiger charge is 2.25. The van der Waals surface area contributed by atoms with Gasteiger partial charge in [0.1, 0.15) is 0 Å². The van der Waals surface area contributed by atoms with Crippen molar-refractivity contribution in [3.8, 4) is 0 Å². The van der Waals surface area contributed by atoms with Crippen LogP contribution in [0.5, 0.6) is 0 Å².